The average molecular weight is 290 g/mol. The number of benzene rings is 2. The van der Waals surface area contributed by atoms with Crippen molar-refractivity contribution in [2.45, 2.75) is 19.4 Å². The lowest BCUT2D eigenvalue weighted by Gasteiger charge is -2.17. The Kier molecular flexibility index (Phi) is 5.45. The molecule has 2 aromatic rings. The minimum Gasteiger partial charge on any atom is -0.492 e. The minimum absolute atomic E-state index is 0.286. The molecule has 0 radical (unpaired) electrons. The summed E-state index contributed by atoms with van der Waals surface area (Å²) >= 11 is 5.85. The largest absolute Gasteiger partial charge is 0.492 e. The van der Waals surface area contributed by atoms with Crippen LogP contribution in [-0.4, -0.2) is 19.7 Å². The maximum Gasteiger partial charge on any atom is 0.119 e. The summed E-state index contributed by atoms with van der Waals surface area (Å²) in [5.41, 5.74) is 2.60. The van der Waals surface area contributed by atoms with Gasteiger partial charge in [0, 0.05) is 11.1 Å². The summed E-state index contributed by atoms with van der Waals surface area (Å²) in [5, 5.41) is 4.02. The van der Waals surface area contributed by atoms with E-state index in [1.165, 1.54) is 11.1 Å². The summed E-state index contributed by atoms with van der Waals surface area (Å²) in [6.07, 6.45) is 0.949. The van der Waals surface area contributed by atoms with Crippen molar-refractivity contribution in [2.24, 2.45) is 0 Å². The Bertz CT molecular complexity index is 522. The van der Waals surface area contributed by atoms with E-state index in [1.807, 2.05) is 31.3 Å². The Balaban J connectivity index is 1.88. The molecule has 0 aromatic heterocycles. The van der Waals surface area contributed by atoms with Gasteiger partial charge in [0.05, 0.1) is 0 Å². The molecule has 1 atom stereocenters. The molecule has 0 spiro atoms. The zero-order valence-electron chi connectivity index (χ0n) is 11.9. The van der Waals surface area contributed by atoms with E-state index >= 15 is 0 Å². The van der Waals surface area contributed by atoms with Crippen molar-refractivity contribution in [1.29, 1.82) is 0 Å². The standard InChI is InChI=1S/C17H20ClNO/c1-13-3-5-14(6-4-13)11-16(19-2)12-20-17-9-7-15(18)8-10-17/h3-10,16,19H,11-12H2,1-2H3. The smallest absolute Gasteiger partial charge is 0.119 e. The third-order valence-corrected chi connectivity index (χ3v) is 3.53. The quantitative estimate of drug-likeness (QED) is 0.872. The van der Waals surface area contributed by atoms with E-state index in [0.717, 1.165) is 17.2 Å². The fourth-order valence-corrected chi connectivity index (χ4v) is 2.11. The van der Waals surface area contributed by atoms with Crippen molar-refractivity contribution >= 4 is 11.6 Å². The first-order chi connectivity index (χ1) is 9.67. The van der Waals surface area contributed by atoms with Crippen LogP contribution in [0.15, 0.2) is 48.5 Å². The van der Waals surface area contributed by atoms with Crippen molar-refractivity contribution in [2.75, 3.05) is 13.7 Å². The number of halogens is 1. The van der Waals surface area contributed by atoms with Crippen molar-refractivity contribution in [3.63, 3.8) is 0 Å². The molecule has 20 heavy (non-hydrogen) atoms. The highest BCUT2D eigenvalue weighted by Crippen LogP contribution is 2.16. The minimum atomic E-state index is 0.286. The van der Waals surface area contributed by atoms with Gasteiger partial charge in [0.15, 0.2) is 0 Å². The van der Waals surface area contributed by atoms with E-state index in [2.05, 4.69) is 36.5 Å². The van der Waals surface area contributed by atoms with Gasteiger partial charge in [0.2, 0.25) is 0 Å². The average Bonchev–Trinajstić information content (AvgIpc) is 2.47. The molecule has 106 valence electrons. The molecular weight excluding hydrogens is 270 g/mol. The Hall–Kier alpha value is -1.51. The third-order valence-electron chi connectivity index (χ3n) is 3.28. The normalized spacial score (nSPS) is 12.2. The van der Waals surface area contributed by atoms with E-state index in [0.29, 0.717) is 6.61 Å². The first-order valence-corrected chi connectivity index (χ1v) is 7.16. The lowest BCUT2D eigenvalue weighted by atomic mass is 10.1. The second-order valence-electron chi connectivity index (χ2n) is 4.94. The molecule has 0 bridgehead atoms. The number of ether oxygens (including phenoxy) is 1. The Morgan fingerprint density at radius 1 is 1.05 bits per heavy atom. The first-order valence-electron chi connectivity index (χ1n) is 6.78. The Morgan fingerprint density at radius 2 is 1.70 bits per heavy atom. The van der Waals surface area contributed by atoms with Gasteiger partial charge in [-0.05, 0) is 50.2 Å². The first kappa shape index (κ1) is 14.9. The zero-order chi connectivity index (χ0) is 14.4. The van der Waals surface area contributed by atoms with Crippen molar-refractivity contribution in [3.05, 3.63) is 64.7 Å². The molecular formula is C17H20ClNO. The van der Waals surface area contributed by atoms with Crippen LogP contribution >= 0.6 is 11.6 Å². The summed E-state index contributed by atoms with van der Waals surface area (Å²) in [5.74, 6) is 0.846. The number of hydrogen-bond acceptors (Lipinski definition) is 2. The highest BCUT2D eigenvalue weighted by molar-refractivity contribution is 6.30. The topological polar surface area (TPSA) is 21.3 Å². The van der Waals surface area contributed by atoms with Crippen LogP contribution in [0.1, 0.15) is 11.1 Å². The summed E-state index contributed by atoms with van der Waals surface area (Å²) in [4.78, 5) is 0. The molecule has 3 heteroatoms. The summed E-state index contributed by atoms with van der Waals surface area (Å²) in [6.45, 7) is 2.73. The maximum atomic E-state index is 5.85. The summed E-state index contributed by atoms with van der Waals surface area (Å²) in [6, 6.07) is 16.4. The van der Waals surface area contributed by atoms with E-state index < -0.39 is 0 Å². The van der Waals surface area contributed by atoms with Crippen LogP contribution in [0, 0.1) is 6.92 Å². The Labute approximate surface area is 125 Å². The van der Waals surface area contributed by atoms with Crippen LogP contribution in [0.4, 0.5) is 0 Å². The summed E-state index contributed by atoms with van der Waals surface area (Å²) < 4.78 is 5.79. The van der Waals surface area contributed by atoms with Gasteiger partial charge in [-0.2, -0.15) is 0 Å². The zero-order valence-corrected chi connectivity index (χ0v) is 12.7. The summed E-state index contributed by atoms with van der Waals surface area (Å²) in [7, 11) is 1.96. The van der Waals surface area contributed by atoms with Crippen molar-refractivity contribution in [1.82, 2.24) is 5.32 Å². The fraction of sp³-hybridized carbons (Fsp3) is 0.294. The molecule has 0 saturated carbocycles. The van der Waals surface area contributed by atoms with Crippen LogP contribution in [0.2, 0.25) is 5.02 Å². The molecule has 1 N–H and O–H groups in total. The van der Waals surface area contributed by atoms with E-state index in [-0.39, 0.29) is 6.04 Å². The van der Waals surface area contributed by atoms with Crippen LogP contribution in [-0.2, 0) is 6.42 Å². The Morgan fingerprint density at radius 3 is 2.30 bits per heavy atom. The van der Waals surface area contributed by atoms with Crippen LogP contribution in [0.25, 0.3) is 0 Å². The molecule has 2 aromatic carbocycles. The molecule has 0 fully saturated rings. The van der Waals surface area contributed by atoms with Crippen LogP contribution < -0.4 is 10.1 Å². The number of hydrogen-bond donors (Lipinski definition) is 1. The molecule has 2 nitrogen and oxygen atoms in total. The van der Waals surface area contributed by atoms with Crippen molar-refractivity contribution < 1.29 is 4.74 Å². The van der Waals surface area contributed by atoms with Gasteiger partial charge in [-0.3, -0.25) is 0 Å². The molecule has 0 aliphatic rings. The maximum absolute atomic E-state index is 5.85. The van der Waals surface area contributed by atoms with Crippen LogP contribution in [0.5, 0.6) is 5.75 Å². The lowest BCUT2D eigenvalue weighted by Crippen LogP contribution is -2.33. The van der Waals surface area contributed by atoms with E-state index in [9.17, 15) is 0 Å². The van der Waals surface area contributed by atoms with Gasteiger partial charge in [0.1, 0.15) is 12.4 Å². The molecule has 1 unspecified atom stereocenters. The third kappa shape index (κ3) is 4.55. The highest BCUT2D eigenvalue weighted by Gasteiger charge is 2.08. The van der Waals surface area contributed by atoms with Crippen molar-refractivity contribution in [3.8, 4) is 5.75 Å². The molecule has 2 rings (SSSR count). The molecule has 0 aliphatic carbocycles. The lowest BCUT2D eigenvalue weighted by molar-refractivity contribution is 0.270. The molecule has 0 amide bonds. The second kappa shape index (κ2) is 7.32. The van der Waals surface area contributed by atoms with E-state index in [1.54, 1.807) is 0 Å². The molecule has 0 saturated heterocycles. The SMILES string of the molecule is CNC(COc1ccc(Cl)cc1)Cc1ccc(C)cc1. The van der Waals surface area contributed by atoms with Crippen LogP contribution in [0.3, 0.4) is 0 Å². The molecule has 0 heterocycles. The van der Waals surface area contributed by atoms with Gasteiger partial charge >= 0.3 is 0 Å². The van der Waals surface area contributed by atoms with Gasteiger partial charge in [-0.1, -0.05) is 41.4 Å². The predicted molar refractivity (Wildman–Crippen MR) is 84.7 cm³/mol. The fourth-order valence-electron chi connectivity index (χ4n) is 1.98. The van der Waals surface area contributed by atoms with Gasteiger partial charge in [0.25, 0.3) is 0 Å². The second-order valence-corrected chi connectivity index (χ2v) is 5.38. The monoisotopic (exact) mass is 289 g/mol. The predicted octanol–water partition coefficient (Wildman–Crippen LogP) is 3.86. The number of aryl methyl sites for hydroxylation is 1. The highest BCUT2D eigenvalue weighted by atomic mass is 35.5. The number of nitrogens with one attached hydrogen (secondary N) is 1. The van der Waals surface area contributed by atoms with Gasteiger partial charge in [-0.25, -0.2) is 0 Å². The van der Waals surface area contributed by atoms with E-state index in [4.69, 9.17) is 16.3 Å². The van der Waals surface area contributed by atoms with Gasteiger partial charge in [-0.15, -0.1) is 0 Å². The molecule has 0 aliphatic heterocycles. The number of likely N-dealkylation sites (N-methyl/N-ethyl adjacent to an activating group) is 1. The number of rotatable bonds is 6. The van der Waals surface area contributed by atoms with Gasteiger partial charge < -0.3 is 10.1 Å².